The van der Waals surface area contributed by atoms with Crippen LogP contribution >= 0.6 is 0 Å². The van der Waals surface area contributed by atoms with Crippen LogP contribution in [0.4, 0.5) is 5.69 Å². The van der Waals surface area contributed by atoms with Crippen molar-refractivity contribution in [1.82, 2.24) is 0 Å². The van der Waals surface area contributed by atoms with Crippen LogP contribution in [0.1, 0.15) is 34.1 Å². The first-order valence-electron chi connectivity index (χ1n) is 6.85. The van der Waals surface area contributed by atoms with E-state index in [2.05, 4.69) is 5.32 Å². The summed E-state index contributed by atoms with van der Waals surface area (Å²) >= 11 is 0. The second-order valence-corrected chi connectivity index (χ2v) is 4.50. The molecule has 4 heteroatoms. The molecule has 0 aliphatic rings. The molecule has 0 aliphatic heterocycles. The van der Waals surface area contributed by atoms with Crippen molar-refractivity contribution >= 4 is 17.6 Å². The van der Waals surface area contributed by atoms with Crippen LogP contribution < -0.4 is 5.32 Å². The summed E-state index contributed by atoms with van der Waals surface area (Å²) in [4.78, 5) is 24.1. The standard InChI is InChI=1S/C17H17NO3/c1-2-12-21-17(20)14-10-6-7-11-15(14)18-16(19)13-8-4-3-5-9-13/h3-11H,2,12H2,1H3,(H,18,19). The number of ether oxygens (including phenoxy) is 1. The Morgan fingerprint density at radius 1 is 1.00 bits per heavy atom. The van der Waals surface area contributed by atoms with E-state index < -0.39 is 5.97 Å². The van der Waals surface area contributed by atoms with Gasteiger partial charge in [0.05, 0.1) is 17.9 Å². The van der Waals surface area contributed by atoms with Crippen LogP contribution in [0.2, 0.25) is 0 Å². The summed E-state index contributed by atoms with van der Waals surface area (Å²) in [5.41, 5.74) is 1.34. The first-order valence-corrected chi connectivity index (χ1v) is 6.85. The monoisotopic (exact) mass is 283 g/mol. The van der Waals surface area contributed by atoms with Crippen LogP contribution in [-0.4, -0.2) is 18.5 Å². The third kappa shape index (κ3) is 3.92. The molecule has 0 atom stereocenters. The number of carbonyl (C=O) groups is 2. The molecule has 0 saturated heterocycles. The average Bonchev–Trinajstić information content (AvgIpc) is 2.54. The molecule has 0 heterocycles. The lowest BCUT2D eigenvalue weighted by Gasteiger charge is -2.10. The molecule has 0 unspecified atom stereocenters. The van der Waals surface area contributed by atoms with Gasteiger partial charge in [0.1, 0.15) is 0 Å². The number of carbonyl (C=O) groups excluding carboxylic acids is 2. The van der Waals surface area contributed by atoms with Gasteiger partial charge in [-0.05, 0) is 30.7 Å². The predicted molar refractivity (Wildman–Crippen MR) is 81.4 cm³/mol. The Morgan fingerprint density at radius 2 is 1.67 bits per heavy atom. The van der Waals surface area contributed by atoms with E-state index in [9.17, 15) is 9.59 Å². The molecule has 0 aliphatic carbocycles. The maximum absolute atomic E-state index is 12.1. The molecule has 1 N–H and O–H groups in total. The number of esters is 1. The molecular weight excluding hydrogens is 266 g/mol. The zero-order chi connectivity index (χ0) is 15.1. The summed E-state index contributed by atoms with van der Waals surface area (Å²) < 4.78 is 5.11. The van der Waals surface area contributed by atoms with Crippen molar-refractivity contribution in [3.8, 4) is 0 Å². The Labute approximate surface area is 123 Å². The van der Waals surface area contributed by atoms with Crippen LogP contribution in [0, 0.1) is 0 Å². The Balaban J connectivity index is 2.17. The summed E-state index contributed by atoms with van der Waals surface area (Å²) in [5, 5.41) is 2.74. The van der Waals surface area contributed by atoms with Gasteiger partial charge in [-0.25, -0.2) is 4.79 Å². The molecule has 2 aromatic rings. The van der Waals surface area contributed by atoms with Crippen LogP contribution in [0.5, 0.6) is 0 Å². The Kier molecular flexibility index (Phi) is 5.10. The summed E-state index contributed by atoms with van der Waals surface area (Å²) in [6.45, 7) is 2.29. The smallest absolute Gasteiger partial charge is 0.340 e. The van der Waals surface area contributed by atoms with E-state index in [0.29, 0.717) is 23.4 Å². The molecule has 0 saturated carbocycles. The minimum absolute atomic E-state index is 0.258. The molecule has 0 bridgehead atoms. The minimum Gasteiger partial charge on any atom is -0.462 e. The molecule has 21 heavy (non-hydrogen) atoms. The SMILES string of the molecule is CCCOC(=O)c1ccccc1NC(=O)c1ccccc1. The summed E-state index contributed by atoms with van der Waals surface area (Å²) in [6.07, 6.45) is 0.754. The van der Waals surface area contributed by atoms with Crippen molar-refractivity contribution in [1.29, 1.82) is 0 Å². The molecule has 108 valence electrons. The van der Waals surface area contributed by atoms with Crippen molar-refractivity contribution in [3.05, 3.63) is 65.7 Å². The van der Waals surface area contributed by atoms with Gasteiger partial charge in [0.15, 0.2) is 0 Å². The molecule has 2 aromatic carbocycles. The molecular formula is C17H17NO3. The summed E-state index contributed by atoms with van der Waals surface area (Å²) in [6, 6.07) is 15.7. The van der Waals surface area contributed by atoms with Crippen LogP contribution in [0.25, 0.3) is 0 Å². The number of para-hydroxylation sites is 1. The zero-order valence-electron chi connectivity index (χ0n) is 11.8. The normalized spacial score (nSPS) is 9.95. The van der Waals surface area contributed by atoms with Crippen LogP contribution in [-0.2, 0) is 4.74 Å². The lowest BCUT2D eigenvalue weighted by molar-refractivity contribution is 0.0506. The lowest BCUT2D eigenvalue weighted by Crippen LogP contribution is -2.16. The van der Waals surface area contributed by atoms with E-state index in [0.717, 1.165) is 6.42 Å². The molecule has 2 rings (SSSR count). The van der Waals surface area contributed by atoms with E-state index in [-0.39, 0.29) is 5.91 Å². The Hall–Kier alpha value is -2.62. The summed E-state index contributed by atoms with van der Waals surface area (Å²) in [7, 11) is 0. The van der Waals surface area contributed by atoms with Gasteiger partial charge in [0.25, 0.3) is 5.91 Å². The van der Waals surface area contributed by atoms with Crippen molar-refractivity contribution < 1.29 is 14.3 Å². The van der Waals surface area contributed by atoms with Gasteiger partial charge in [-0.2, -0.15) is 0 Å². The highest BCUT2D eigenvalue weighted by atomic mass is 16.5. The summed E-state index contributed by atoms with van der Waals surface area (Å²) in [5.74, 6) is -0.688. The second kappa shape index (κ2) is 7.24. The molecule has 1 amide bonds. The fraction of sp³-hybridized carbons (Fsp3) is 0.176. The highest BCUT2D eigenvalue weighted by molar-refractivity contribution is 6.07. The number of benzene rings is 2. The molecule has 0 radical (unpaired) electrons. The Morgan fingerprint density at radius 3 is 2.38 bits per heavy atom. The van der Waals surface area contributed by atoms with Crippen molar-refractivity contribution in [2.75, 3.05) is 11.9 Å². The van der Waals surface area contributed by atoms with Gasteiger partial charge in [-0.1, -0.05) is 37.3 Å². The third-order valence-electron chi connectivity index (χ3n) is 2.87. The number of rotatable bonds is 5. The molecule has 0 aromatic heterocycles. The molecule has 4 nitrogen and oxygen atoms in total. The van der Waals surface area contributed by atoms with Gasteiger partial charge in [0, 0.05) is 5.56 Å². The fourth-order valence-electron chi connectivity index (χ4n) is 1.83. The second-order valence-electron chi connectivity index (χ2n) is 4.50. The largest absolute Gasteiger partial charge is 0.462 e. The highest BCUT2D eigenvalue weighted by Gasteiger charge is 2.14. The third-order valence-corrected chi connectivity index (χ3v) is 2.87. The van der Waals surface area contributed by atoms with Gasteiger partial charge < -0.3 is 10.1 Å². The van der Waals surface area contributed by atoms with E-state index in [1.54, 1.807) is 48.5 Å². The Bertz CT molecular complexity index is 623. The minimum atomic E-state index is -0.430. The van der Waals surface area contributed by atoms with E-state index >= 15 is 0 Å². The van der Waals surface area contributed by atoms with Gasteiger partial charge in [-0.3, -0.25) is 4.79 Å². The number of amides is 1. The average molecular weight is 283 g/mol. The number of nitrogens with one attached hydrogen (secondary N) is 1. The van der Waals surface area contributed by atoms with Crippen molar-refractivity contribution in [2.24, 2.45) is 0 Å². The predicted octanol–water partition coefficient (Wildman–Crippen LogP) is 3.51. The maximum atomic E-state index is 12.1. The topological polar surface area (TPSA) is 55.4 Å². The first-order chi connectivity index (χ1) is 10.2. The number of hydrogen-bond donors (Lipinski definition) is 1. The van der Waals surface area contributed by atoms with E-state index in [1.807, 2.05) is 13.0 Å². The van der Waals surface area contributed by atoms with E-state index in [4.69, 9.17) is 4.74 Å². The van der Waals surface area contributed by atoms with Crippen LogP contribution in [0.3, 0.4) is 0 Å². The van der Waals surface area contributed by atoms with Gasteiger partial charge in [-0.15, -0.1) is 0 Å². The zero-order valence-corrected chi connectivity index (χ0v) is 11.8. The molecule has 0 spiro atoms. The number of anilines is 1. The quantitative estimate of drug-likeness (QED) is 0.854. The van der Waals surface area contributed by atoms with Crippen LogP contribution in [0.15, 0.2) is 54.6 Å². The van der Waals surface area contributed by atoms with E-state index in [1.165, 1.54) is 0 Å². The number of hydrogen-bond acceptors (Lipinski definition) is 3. The maximum Gasteiger partial charge on any atom is 0.340 e. The fourth-order valence-corrected chi connectivity index (χ4v) is 1.83. The van der Waals surface area contributed by atoms with Gasteiger partial charge >= 0.3 is 5.97 Å². The van der Waals surface area contributed by atoms with Gasteiger partial charge in [0.2, 0.25) is 0 Å². The lowest BCUT2D eigenvalue weighted by atomic mass is 10.1. The first kappa shape index (κ1) is 14.8. The van der Waals surface area contributed by atoms with Crippen molar-refractivity contribution in [2.45, 2.75) is 13.3 Å². The highest BCUT2D eigenvalue weighted by Crippen LogP contribution is 2.17. The van der Waals surface area contributed by atoms with Crippen molar-refractivity contribution in [3.63, 3.8) is 0 Å². The molecule has 0 fully saturated rings.